The minimum atomic E-state index is 0.485. The molecule has 0 aromatic carbocycles. The molecule has 0 amide bonds. The topological polar surface area (TPSA) is 64.9 Å². The van der Waals surface area contributed by atoms with Gasteiger partial charge in [0.2, 0.25) is 0 Å². The van der Waals surface area contributed by atoms with Gasteiger partial charge in [-0.1, -0.05) is 0 Å². The molecule has 4 nitrogen and oxygen atoms in total. The van der Waals surface area contributed by atoms with Crippen molar-refractivity contribution in [1.82, 2.24) is 9.97 Å². The van der Waals surface area contributed by atoms with Crippen molar-refractivity contribution in [2.75, 3.05) is 5.73 Å². The molecule has 2 N–H and O–H groups in total. The van der Waals surface area contributed by atoms with Crippen LogP contribution in [0.1, 0.15) is 0 Å². The van der Waals surface area contributed by atoms with Crippen LogP contribution in [0, 0.1) is 0 Å². The Morgan fingerprint density at radius 1 is 1.28 bits per heavy atom. The standard InChI is InChI=1S/C12H8BrN3OS/c13-10-4-3-9(17-10)8-6-18-12(16-8)7-2-1-5-15-11(7)14/h1-6H,(H2,14,15). The molecule has 0 atom stereocenters. The second-order valence-electron chi connectivity index (χ2n) is 3.58. The van der Waals surface area contributed by atoms with Crippen LogP contribution >= 0.6 is 27.3 Å². The Hall–Kier alpha value is -1.66. The summed E-state index contributed by atoms with van der Waals surface area (Å²) in [6.07, 6.45) is 1.66. The number of nitrogen functional groups attached to an aromatic ring is 1. The maximum atomic E-state index is 5.83. The predicted molar refractivity (Wildman–Crippen MR) is 75.2 cm³/mol. The monoisotopic (exact) mass is 321 g/mol. The molecule has 3 aromatic rings. The van der Waals surface area contributed by atoms with Gasteiger partial charge in [0, 0.05) is 11.6 Å². The van der Waals surface area contributed by atoms with E-state index in [2.05, 4.69) is 25.9 Å². The van der Waals surface area contributed by atoms with Crippen LogP contribution in [0.15, 0.2) is 44.9 Å². The van der Waals surface area contributed by atoms with Gasteiger partial charge < -0.3 is 10.2 Å². The Balaban J connectivity index is 2.02. The molecule has 3 rings (SSSR count). The fourth-order valence-corrected chi connectivity index (χ4v) is 2.71. The predicted octanol–water partition coefficient (Wildman–Crippen LogP) is 3.81. The molecule has 0 unspecified atom stereocenters. The van der Waals surface area contributed by atoms with Crippen molar-refractivity contribution in [3.63, 3.8) is 0 Å². The number of rotatable bonds is 2. The average Bonchev–Trinajstić information content (AvgIpc) is 2.98. The second-order valence-corrected chi connectivity index (χ2v) is 5.22. The van der Waals surface area contributed by atoms with E-state index in [-0.39, 0.29) is 0 Å². The summed E-state index contributed by atoms with van der Waals surface area (Å²) in [7, 11) is 0. The van der Waals surface area contributed by atoms with Crippen molar-refractivity contribution in [2.24, 2.45) is 0 Å². The van der Waals surface area contributed by atoms with Crippen molar-refractivity contribution in [3.8, 4) is 22.0 Å². The highest BCUT2D eigenvalue weighted by Gasteiger charge is 2.11. The minimum absolute atomic E-state index is 0.485. The zero-order valence-electron chi connectivity index (χ0n) is 9.13. The van der Waals surface area contributed by atoms with Crippen LogP contribution in [-0.2, 0) is 0 Å². The number of nitrogens with two attached hydrogens (primary N) is 1. The van der Waals surface area contributed by atoms with Crippen LogP contribution in [-0.4, -0.2) is 9.97 Å². The summed E-state index contributed by atoms with van der Waals surface area (Å²) in [6.45, 7) is 0. The highest BCUT2D eigenvalue weighted by molar-refractivity contribution is 9.10. The molecule has 0 bridgehead atoms. The van der Waals surface area contributed by atoms with E-state index in [1.807, 2.05) is 29.6 Å². The molecule has 0 radical (unpaired) electrons. The number of anilines is 1. The molecule has 0 aliphatic rings. The van der Waals surface area contributed by atoms with E-state index in [1.54, 1.807) is 6.20 Å². The molecule has 90 valence electrons. The number of thiazole rings is 1. The zero-order valence-corrected chi connectivity index (χ0v) is 11.5. The molecule has 0 saturated heterocycles. The van der Waals surface area contributed by atoms with Crippen molar-refractivity contribution < 1.29 is 4.42 Å². The third-order valence-corrected chi connectivity index (χ3v) is 3.70. The number of nitrogens with zero attached hydrogens (tertiary/aromatic N) is 2. The Bertz CT molecular complexity index is 692. The van der Waals surface area contributed by atoms with Gasteiger partial charge in [0.15, 0.2) is 10.4 Å². The van der Waals surface area contributed by atoms with Crippen molar-refractivity contribution in [3.05, 3.63) is 40.5 Å². The lowest BCUT2D eigenvalue weighted by Crippen LogP contribution is -1.92. The SMILES string of the molecule is Nc1ncccc1-c1nc(-c2ccc(Br)o2)cs1. The number of aromatic nitrogens is 2. The van der Waals surface area contributed by atoms with E-state index >= 15 is 0 Å². The molecular weight excluding hydrogens is 314 g/mol. The van der Waals surface area contributed by atoms with Crippen LogP contribution < -0.4 is 5.73 Å². The van der Waals surface area contributed by atoms with Crippen LogP contribution in [0.25, 0.3) is 22.0 Å². The molecule has 0 saturated carbocycles. The van der Waals surface area contributed by atoms with Crippen LogP contribution in [0.5, 0.6) is 0 Å². The van der Waals surface area contributed by atoms with Crippen molar-refractivity contribution in [2.45, 2.75) is 0 Å². The van der Waals surface area contributed by atoms with Gasteiger partial charge in [-0.3, -0.25) is 0 Å². The number of furan rings is 1. The number of halogens is 1. The van der Waals surface area contributed by atoms with Gasteiger partial charge in [-0.05, 0) is 40.2 Å². The van der Waals surface area contributed by atoms with E-state index < -0.39 is 0 Å². The number of pyridine rings is 1. The molecule has 0 fully saturated rings. The first-order chi connectivity index (χ1) is 8.74. The largest absolute Gasteiger partial charge is 0.448 e. The van der Waals surface area contributed by atoms with E-state index in [0.29, 0.717) is 10.5 Å². The van der Waals surface area contributed by atoms with Crippen molar-refractivity contribution in [1.29, 1.82) is 0 Å². The molecule has 3 heterocycles. The molecule has 0 spiro atoms. The maximum Gasteiger partial charge on any atom is 0.169 e. The fraction of sp³-hybridized carbons (Fsp3) is 0. The van der Waals surface area contributed by atoms with Gasteiger partial charge in [-0.2, -0.15) is 0 Å². The van der Waals surface area contributed by atoms with E-state index in [1.165, 1.54) is 11.3 Å². The third kappa shape index (κ3) is 2.04. The van der Waals surface area contributed by atoms with Gasteiger partial charge in [-0.15, -0.1) is 11.3 Å². The Morgan fingerprint density at radius 2 is 2.17 bits per heavy atom. The molecule has 0 aliphatic heterocycles. The maximum absolute atomic E-state index is 5.83. The molecule has 6 heteroatoms. The summed E-state index contributed by atoms with van der Waals surface area (Å²) in [5.74, 6) is 1.21. The van der Waals surface area contributed by atoms with Gasteiger partial charge in [0.25, 0.3) is 0 Å². The zero-order chi connectivity index (χ0) is 12.5. The summed E-state index contributed by atoms with van der Waals surface area (Å²) >= 11 is 4.79. The Kier molecular flexibility index (Phi) is 2.89. The smallest absolute Gasteiger partial charge is 0.169 e. The average molecular weight is 322 g/mol. The van der Waals surface area contributed by atoms with Gasteiger partial charge >= 0.3 is 0 Å². The molecule has 3 aromatic heterocycles. The summed E-state index contributed by atoms with van der Waals surface area (Å²) in [4.78, 5) is 8.56. The molecule has 18 heavy (non-hydrogen) atoms. The summed E-state index contributed by atoms with van der Waals surface area (Å²) in [6, 6.07) is 7.46. The van der Waals surface area contributed by atoms with Gasteiger partial charge in [0.05, 0.1) is 5.56 Å². The van der Waals surface area contributed by atoms with Crippen LogP contribution in [0.2, 0.25) is 0 Å². The molecular formula is C12H8BrN3OS. The normalized spacial score (nSPS) is 10.7. The number of hydrogen-bond acceptors (Lipinski definition) is 5. The first-order valence-electron chi connectivity index (χ1n) is 5.16. The number of hydrogen-bond donors (Lipinski definition) is 1. The first-order valence-corrected chi connectivity index (χ1v) is 6.83. The van der Waals surface area contributed by atoms with Crippen molar-refractivity contribution >= 4 is 33.1 Å². The lowest BCUT2D eigenvalue weighted by atomic mass is 10.2. The highest BCUT2D eigenvalue weighted by Crippen LogP contribution is 2.32. The highest BCUT2D eigenvalue weighted by atomic mass is 79.9. The Morgan fingerprint density at radius 3 is 2.89 bits per heavy atom. The summed E-state index contributed by atoms with van der Waals surface area (Å²) in [5.41, 5.74) is 7.47. The van der Waals surface area contributed by atoms with Crippen LogP contribution in [0.3, 0.4) is 0 Å². The lowest BCUT2D eigenvalue weighted by molar-refractivity contribution is 0.554. The second kappa shape index (κ2) is 4.55. The van der Waals surface area contributed by atoms with Crippen LogP contribution in [0.4, 0.5) is 5.82 Å². The minimum Gasteiger partial charge on any atom is -0.448 e. The van der Waals surface area contributed by atoms with E-state index in [4.69, 9.17) is 10.2 Å². The summed E-state index contributed by atoms with van der Waals surface area (Å²) < 4.78 is 6.15. The van der Waals surface area contributed by atoms with Gasteiger partial charge in [-0.25, -0.2) is 9.97 Å². The Labute approximate surface area is 116 Å². The summed E-state index contributed by atoms with van der Waals surface area (Å²) in [5, 5.41) is 2.77. The first kappa shape index (κ1) is 11.4. The third-order valence-electron chi connectivity index (χ3n) is 2.40. The lowest BCUT2D eigenvalue weighted by Gasteiger charge is -1.98. The van der Waals surface area contributed by atoms with E-state index in [9.17, 15) is 0 Å². The molecule has 0 aliphatic carbocycles. The fourth-order valence-electron chi connectivity index (χ4n) is 1.56. The van der Waals surface area contributed by atoms with E-state index in [0.717, 1.165) is 22.0 Å². The quantitative estimate of drug-likeness (QED) is 0.779. The van der Waals surface area contributed by atoms with Gasteiger partial charge in [0.1, 0.15) is 16.5 Å².